The molecule has 0 spiro atoms. The van der Waals surface area contributed by atoms with Gasteiger partial charge in [0.05, 0.1) is 11.6 Å². The maximum absolute atomic E-state index is 12.7. The molecule has 0 amide bonds. The van der Waals surface area contributed by atoms with Crippen LogP contribution in [0.3, 0.4) is 0 Å². The van der Waals surface area contributed by atoms with Gasteiger partial charge in [0.2, 0.25) is 0 Å². The van der Waals surface area contributed by atoms with Crippen molar-refractivity contribution in [3.63, 3.8) is 0 Å². The quantitative estimate of drug-likeness (QED) is 0.497. The third-order valence-electron chi connectivity index (χ3n) is 5.50. The number of alkyl halides is 3. The molecule has 3 aromatic rings. The van der Waals surface area contributed by atoms with Crippen LogP contribution in [0.2, 0.25) is 5.02 Å². The van der Waals surface area contributed by atoms with Crippen LogP contribution < -0.4 is 4.74 Å². The number of rotatable bonds is 5. The maximum atomic E-state index is 12.7. The monoisotopic (exact) mass is 435 g/mol. The van der Waals surface area contributed by atoms with Gasteiger partial charge in [-0.25, -0.2) is 4.98 Å². The van der Waals surface area contributed by atoms with Gasteiger partial charge in [-0.1, -0.05) is 23.7 Å². The Kier molecular flexibility index (Phi) is 5.99. The van der Waals surface area contributed by atoms with Crippen molar-refractivity contribution < 1.29 is 17.9 Å². The highest BCUT2D eigenvalue weighted by molar-refractivity contribution is 6.32. The van der Waals surface area contributed by atoms with Crippen LogP contribution >= 0.6 is 11.6 Å². The topological polar surface area (TPSA) is 50.8 Å². The van der Waals surface area contributed by atoms with Gasteiger partial charge < -0.3 is 9.72 Å². The molecule has 2 aromatic heterocycles. The second-order valence-corrected chi connectivity index (χ2v) is 7.97. The normalized spacial score (nSPS) is 19.6. The van der Waals surface area contributed by atoms with Crippen molar-refractivity contribution >= 4 is 11.6 Å². The molecule has 1 aliphatic rings. The first kappa shape index (κ1) is 20.7. The Morgan fingerprint density at radius 3 is 2.47 bits per heavy atom. The molecule has 0 aliphatic heterocycles. The fourth-order valence-corrected chi connectivity index (χ4v) is 3.99. The van der Waals surface area contributed by atoms with E-state index in [4.69, 9.17) is 16.3 Å². The van der Waals surface area contributed by atoms with E-state index in [-0.39, 0.29) is 5.82 Å². The number of aromatic amines is 1. The van der Waals surface area contributed by atoms with Crippen molar-refractivity contribution in [1.29, 1.82) is 0 Å². The second kappa shape index (κ2) is 8.68. The number of hydrogen-bond donors (Lipinski definition) is 1. The number of ether oxygens (including phenoxy) is 1. The van der Waals surface area contributed by atoms with E-state index < -0.39 is 11.9 Å². The number of pyridine rings is 1. The molecule has 1 N–H and O–H groups in total. The molecule has 1 aromatic carbocycles. The van der Waals surface area contributed by atoms with Gasteiger partial charge in [0.15, 0.2) is 5.69 Å². The number of aromatic nitrogens is 3. The van der Waals surface area contributed by atoms with Gasteiger partial charge in [0, 0.05) is 29.6 Å². The lowest BCUT2D eigenvalue weighted by molar-refractivity contribution is -0.140. The fourth-order valence-electron chi connectivity index (χ4n) is 3.80. The molecule has 1 aliphatic carbocycles. The summed E-state index contributed by atoms with van der Waals surface area (Å²) in [5.41, 5.74) is 0.571. The van der Waals surface area contributed by atoms with Crippen molar-refractivity contribution in [1.82, 2.24) is 15.0 Å². The van der Waals surface area contributed by atoms with E-state index in [9.17, 15) is 13.2 Å². The average Bonchev–Trinajstić information content (AvgIpc) is 3.25. The van der Waals surface area contributed by atoms with Crippen molar-refractivity contribution in [3.8, 4) is 17.1 Å². The zero-order chi connectivity index (χ0) is 21.1. The summed E-state index contributed by atoms with van der Waals surface area (Å²) in [5.74, 6) is 1.70. The molecule has 0 radical (unpaired) electrons. The zero-order valence-electron chi connectivity index (χ0n) is 16.1. The predicted octanol–water partition coefficient (Wildman–Crippen LogP) is 6.50. The highest BCUT2D eigenvalue weighted by atomic mass is 35.5. The van der Waals surface area contributed by atoms with E-state index in [0.29, 0.717) is 34.8 Å². The number of halogens is 4. The Bertz CT molecular complexity index is 980. The summed E-state index contributed by atoms with van der Waals surface area (Å²) in [4.78, 5) is 10.7. The molecule has 158 valence electrons. The molecule has 1 saturated carbocycles. The van der Waals surface area contributed by atoms with Gasteiger partial charge in [-0.05, 0) is 55.9 Å². The van der Waals surface area contributed by atoms with Crippen LogP contribution in [0.5, 0.6) is 5.75 Å². The Labute approximate surface area is 177 Å². The molecular weight excluding hydrogens is 415 g/mol. The van der Waals surface area contributed by atoms with Crippen molar-refractivity contribution in [2.75, 3.05) is 6.61 Å². The van der Waals surface area contributed by atoms with Crippen LogP contribution in [0.25, 0.3) is 11.4 Å². The standard InChI is InChI=1S/C22H21ClF3N3O/c23-17-3-1-2-4-19(17)30-13-14-5-7-15(8-6-14)18-10-9-16(11-27-18)21-28-12-20(29-21)22(24,25)26/h1-4,9-12,14-15H,5-8,13H2,(H,28,29)/t14-,15-. The minimum atomic E-state index is -4.46. The molecule has 0 saturated heterocycles. The highest BCUT2D eigenvalue weighted by Crippen LogP contribution is 2.36. The van der Waals surface area contributed by atoms with Crippen LogP contribution in [-0.2, 0) is 6.18 Å². The number of H-pyrrole nitrogens is 1. The van der Waals surface area contributed by atoms with E-state index in [1.165, 1.54) is 0 Å². The number of imidazole rings is 1. The van der Waals surface area contributed by atoms with Crippen LogP contribution in [0.4, 0.5) is 13.2 Å². The first-order chi connectivity index (χ1) is 14.4. The summed E-state index contributed by atoms with van der Waals surface area (Å²) in [5, 5.41) is 0.620. The van der Waals surface area contributed by atoms with Gasteiger partial charge in [0.1, 0.15) is 11.6 Å². The van der Waals surface area contributed by atoms with Crippen molar-refractivity contribution in [2.45, 2.75) is 37.8 Å². The van der Waals surface area contributed by atoms with E-state index >= 15 is 0 Å². The molecule has 4 nitrogen and oxygen atoms in total. The number of hydrogen-bond acceptors (Lipinski definition) is 3. The SMILES string of the molecule is FC(F)(F)c1c[nH]c(-c2ccc([C@H]3CC[C@H](COc4ccccc4Cl)CC3)nc2)n1. The third-order valence-corrected chi connectivity index (χ3v) is 5.82. The minimum Gasteiger partial charge on any atom is -0.492 e. The predicted molar refractivity (Wildman–Crippen MR) is 108 cm³/mol. The molecule has 0 unspecified atom stereocenters. The molecule has 0 bridgehead atoms. The maximum Gasteiger partial charge on any atom is 0.434 e. The van der Waals surface area contributed by atoms with Crippen molar-refractivity contribution in [2.24, 2.45) is 5.92 Å². The molecule has 30 heavy (non-hydrogen) atoms. The molecule has 8 heteroatoms. The summed E-state index contributed by atoms with van der Waals surface area (Å²) < 4.78 is 44.0. The Morgan fingerprint density at radius 1 is 1.07 bits per heavy atom. The van der Waals surface area contributed by atoms with Gasteiger partial charge in [0.25, 0.3) is 0 Å². The Balaban J connectivity index is 1.32. The van der Waals surface area contributed by atoms with E-state index in [0.717, 1.165) is 37.6 Å². The van der Waals surface area contributed by atoms with E-state index in [1.54, 1.807) is 12.3 Å². The minimum absolute atomic E-state index is 0.168. The highest BCUT2D eigenvalue weighted by Gasteiger charge is 2.33. The van der Waals surface area contributed by atoms with Crippen LogP contribution in [0.15, 0.2) is 48.8 Å². The van der Waals surface area contributed by atoms with Gasteiger partial charge in [-0.2, -0.15) is 13.2 Å². The molecule has 4 rings (SSSR count). The Hall–Kier alpha value is -2.54. The zero-order valence-corrected chi connectivity index (χ0v) is 16.9. The largest absolute Gasteiger partial charge is 0.492 e. The first-order valence-corrected chi connectivity index (χ1v) is 10.2. The summed E-state index contributed by atoms with van der Waals surface area (Å²) >= 11 is 6.13. The molecule has 1 fully saturated rings. The molecule has 0 atom stereocenters. The molecule has 2 heterocycles. The number of benzene rings is 1. The van der Waals surface area contributed by atoms with Gasteiger partial charge in [-0.15, -0.1) is 0 Å². The summed E-state index contributed by atoms with van der Waals surface area (Å²) in [6.07, 6.45) is 2.06. The number of nitrogens with zero attached hydrogens (tertiary/aromatic N) is 2. The van der Waals surface area contributed by atoms with Crippen LogP contribution in [-0.4, -0.2) is 21.6 Å². The van der Waals surface area contributed by atoms with E-state index in [2.05, 4.69) is 15.0 Å². The summed E-state index contributed by atoms with van der Waals surface area (Å²) in [6.45, 7) is 0.642. The lowest BCUT2D eigenvalue weighted by Crippen LogP contribution is -2.19. The summed E-state index contributed by atoms with van der Waals surface area (Å²) in [7, 11) is 0. The third kappa shape index (κ3) is 4.78. The van der Waals surface area contributed by atoms with Crippen molar-refractivity contribution in [3.05, 3.63) is 65.2 Å². The lowest BCUT2D eigenvalue weighted by atomic mass is 9.80. The number of para-hydroxylation sites is 1. The smallest absolute Gasteiger partial charge is 0.434 e. The average molecular weight is 436 g/mol. The number of nitrogens with one attached hydrogen (secondary N) is 1. The second-order valence-electron chi connectivity index (χ2n) is 7.56. The summed E-state index contributed by atoms with van der Waals surface area (Å²) in [6, 6.07) is 11.1. The van der Waals surface area contributed by atoms with E-state index in [1.807, 2.05) is 30.3 Å². The van der Waals surface area contributed by atoms with Crippen LogP contribution in [0, 0.1) is 5.92 Å². The Morgan fingerprint density at radius 2 is 1.83 bits per heavy atom. The van der Waals surface area contributed by atoms with Gasteiger partial charge in [-0.3, -0.25) is 4.98 Å². The molecular formula is C22H21ClF3N3O. The van der Waals surface area contributed by atoms with Gasteiger partial charge >= 0.3 is 6.18 Å². The fraction of sp³-hybridized carbons (Fsp3) is 0.364. The van der Waals surface area contributed by atoms with Crippen LogP contribution in [0.1, 0.15) is 43.0 Å². The lowest BCUT2D eigenvalue weighted by Gasteiger charge is -2.28. The first-order valence-electron chi connectivity index (χ1n) is 9.86.